The van der Waals surface area contributed by atoms with Crippen molar-refractivity contribution in [3.8, 4) is 11.5 Å². The Labute approximate surface area is 151 Å². The lowest BCUT2D eigenvalue weighted by Crippen LogP contribution is -2.15. The van der Waals surface area contributed by atoms with E-state index in [0.29, 0.717) is 24.7 Å². The number of carbonyl (C=O) groups is 1. The Balaban J connectivity index is 1.89. The molecule has 1 aromatic heterocycles. The van der Waals surface area contributed by atoms with Crippen LogP contribution in [0.15, 0.2) is 36.0 Å². The van der Waals surface area contributed by atoms with Crippen molar-refractivity contribution < 1.29 is 14.6 Å². The van der Waals surface area contributed by atoms with E-state index < -0.39 is 0 Å². The number of aromatic hydroxyl groups is 1. The van der Waals surface area contributed by atoms with Gasteiger partial charge in [-0.3, -0.25) is 9.48 Å². The number of benzene rings is 1. The van der Waals surface area contributed by atoms with Gasteiger partial charge in [0.1, 0.15) is 18.1 Å². The van der Waals surface area contributed by atoms with Crippen LogP contribution in [0, 0.1) is 0 Å². The molecule has 0 saturated carbocycles. The summed E-state index contributed by atoms with van der Waals surface area (Å²) in [4.78, 5) is 11.2. The second-order valence-corrected chi connectivity index (χ2v) is 7.34. The Kier molecular flexibility index (Phi) is 5.48. The third-order valence-electron chi connectivity index (χ3n) is 4.25. The highest BCUT2D eigenvalue weighted by molar-refractivity contribution is 7.99. The Morgan fingerprint density at radius 1 is 1.40 bits per heavy atom. The molecule has 0 radical (unpaired) electrons. The first-order valence-electron chi connectivity index (χ1n) is 8.34. The van der Waals surface area contributed by atoms with E-state index in [1.807, 2.05) is 28.7 Å². The molecule has 0 atom stereocenters. The number of nitrogens with zero attached hydrogens (tertiary/aromatic N) is 2. The molecule has 1 aromatic carbocycles. The maximum Gasteiger partial charge on any atom is 0.157 e. The van der Waals surface area contributed by atoms with Crippen LogP contribution >= 0.6 is 11.8 Å². The lowest BCUT2D eigenvalue weighted by molar-refractivity contribution is 0.111. The molecule has 1 N–H and O–H groups in total. The molecule has 6 heteroatoms. The molecular formula is C19H22N2O3S. The minimum atomic E-state index is -0.0567. The van der Waals surface area contributed by atoms with Crippen molar-refractivity contribution in [1.82, 2.24) is 9.78 Å². The van der Waals surface area contributed by atoms with Gasteiger partial charge in [-0.1, -0.05) is 6.07 Å². The molecule has 2 aromatic rings. The Morgan fingerprint density at radius 3 is 3.00 bits per heavy atom. The van der Waals surface area contributed by atoms with E-state index in [1.54, 1.807) is 12.1 Å². The summed E-state index contributed by atoms with van der Waals surface area (Å²) >= 11 is 1.91. The van der Waals surface area contributed by atoms with Crippen molar-refractivity contribution >= 4 is 23.6 Å². The summed E-state index contributed by atoms with van der Waals surface area (Å²) in [5, 5.41) is 14.2. The lowest BCUT2D eigenvalue weighted by atomic mass is 10.0. The number of aromatic nitrogens is 2. The predicted octanol–water partition coefficient (Wildman–Crippen LogP) is 3.95. The summed E-state index contributed by atoms with van der Waals surface area (Å²) in [5.41, 5.74) is 3.81. The fourth-order valence-corrected chi connectivity index (χ4v) is 4.03. The smallest absolute Gasteiger partial charge is 0.157 e. The molecule has 3 rings (SSSR count). The van der Waals surface area contributed by atoms with Gasteiger partial charge in [-0.25, -0.2) is 0 Å². The molecular weight excluding hydrogens is 336 g/mol. The van der Waals surface area contributed by atoms with Crippen molar-refractivity contribution in [2.24, 2.45) is 0 Å². The number of carbonyl (C=O) groups excluding carboxylic acids is 1. The zero-order chi connectivity index (χ0) is 17.8. The van der Waals surface area contributed by atoms with Gasteiger partial charge in [0, 0.05) is 18.0 Å². The van der Waals surface area contributed by atoms with Crippen LogP contribution in [0.4, 0.5) is 0 Å². The predicted molar refractivity (Wildman–Crippen MR) is 100 cm³/mol. The third-order valence-corrected chi connectivity index (χ3v) is 5.24. The fourth-order valence-electron chi connectivity index (χ4n) is 2.94. The van der Waals surface area contributed by atoms with Gasteiger partial charge in [-0.05, 0) is 55.4 Å². The van der Waals surface area contributed by atoms with Gasteiger partial charge < -0.3 is 9.84 Å². The number of hydrogen-bond donors (Lipinski definition) is 1. The van der Waals surface area contributed by atoms with Gasteiger partial charge in [0.2, 0.25) is 0 Å². The molecule has 0 spiro atoms. The average Bonchev–Trinajstić information content (AvgIpc) is 3.10. The number of phenolic OH excluding ortho intramolecular Hbond substituents is 1. The molecule has 0 unspecified atom stereocenters. The summed E-state index contributed by atoms with van der Waals surface area (Å²) in [6, 6.07) is 7.21. The van der Waals surface area contributed by atoms with Gasteiger partial charge in [0.15, 0.2) is 6.29 Å². The van der Waals surface area contributed by atoms with E-state index in [2.05, 4.69) is 18.9 Å². The Bertz CT molecular complexity index is 796. The molecule has 0 aliphatic carbocycles. The highest BCUT2D eigenvalue weighted by Crippen LogP contribution is 2.33. The average molecular weight is 358 g/mol. The van der Waals surface area contributed by atoms with E-state index in [1.165, 1.54) is 17.2 Å². The van der Waals surface area contributed by atoms with Gasteiger partial charge in [-0.2, -0.15) is 16.9 Å². The van der Waals surface area contributed by atoms with Gasteiger partial charge in [-0.15, -0.1) is 0 Å². The largest absolute Gasteiger partial charge is 0.507 e. The zero-order valence-corrected chi connectivity index (χ0v) is 15.3. The van der Waals surface area contributed by atoms with Crippen LogP contribution in [-0.2, 0) is 0 Å². The van der Waals surface area contributed by atoms with Crippen molar-refractivity contribution in [3.63, 3.8) is 0 Å². The van der Waals surface area contributed by atoms with E-state index in [0.717, 1.165) is 23.6 Å². The van der Waals surface area contributed by atoms with Gasteiger partial charge in [0.25, 0.3) is 0 Å². The number of phenols is 1. The van der Waals surface area contributed by atoms with Crippen molar-refractivity contribution in [2.45, 2.75) is 26.3 Å². The fraction of sp³-hybridized carbons (Fsp3) is 0.368. The molecule has 1 aliphatic heterocycles. The van der Waals surface area contributed by atoms with E-state index in [4.69, 9.17) is 4.74 Å². The molecule has 25 heavy (non-hydrogen) atoms. The first-order chi connectivity index (χ1) is 12.1. The van der Waals surface area contributed by atoms with Crippen molar-refractivity contribution in [3.05, 3.63) is 47.3 Å². The number of aldehydes is 1. The van der Waals surface area contributed by atoms with Crippen LogP contribution in [0.1, 0.15) is 42.4 Å². The number of thioether (sulfide) groups is 1. The second-order valence-electron chi connectivity index (χ2n) is 6.23. The van der Waals surface area contributed by atoms with Crippen LogP contribution in [-0.4, -0.2) is 39.3 Å². The third kappa shape index (κ3) is 3.74. The number of rotatable bonds is 6. The first kappa shape index (κ1) is 17.6. The highest BCUT2D eigenvalue weighted by atomic mass is 32.2. The van der Waals surface area contributed by atoms with E-state index in [9.17, 15) is 9.90 Å². The summed E-state index contributed by atoms with van der Waals surface area (Å²) in [5.74, 6) is 2.34. The summed E-state index contributed by atoms with van der Waals surface area (Å²) in [6.45, 7) is 4.64. The van der Waals surface area contributed by atoms with Crippen LogP contribution in [0.5, 0.6) is 11.5 Å². The first-order valence-corrected chi connectivity index (χ1v) is 9.49. The minimum Gasteiger partial charge on any atom is -0.507 e. The van der Waals surface area contributed by atoms with Gasteiger partial charge >= 0.3 is 0 Å². The Hall–Kier alpha value is -2.21. The normalized spacial score (nSPS) is 14.8. The van der Waals surface area contributed by atoms with Crippen molar-refractivity contribution in [2.75, 3.05) is 18.1 Å². The topological polar surface area (TPSA) is 64.3 Å². The Morgan fingerprint density at radius 2 is 2.24 bits per heavy atom. The van der Waals surface area contributed by atoms with Crippen LogP contribution in [0.3, 0.4) is 0 Å². The van der Waals surface area contributed by atoms with Crippen LogP contribution < -0.4 is 4.74 Å². The second kappa shape index (κ2) is 7.78. The summed E-state index contributed by atoms with van der Waals surface area (Å²) in [7, 11) is 0. The molecule has 0 amide bonds. The maximum atomic E-state index is 11.2. The summed E-state index contributed by atoms with van der Waals surface area (Å²) in [6.07, 6.45) is 3.41. The van der Waals surface area contributed by atoms with E-state index >= 15 is 0 Å². The monoisotopic (exact) mass is 358 g/mol. The van der Waals surface area contributed by atoms with Crippen molar-refractivity contribution in [1.29, 1.82) is 0 Å². The molecule has 0 saturated heterocycles. The van der Waals surface area contributed by atoms with Crippen LogP contribution in [0.25, 0.3) is 5.57 Å². The molecule has 0 fully saturated rings. The van der Waals surface area contributed by atoms with Gasteiger partial charge in [0.05, 0.1) is 11.3 Å². The number of ether oxygens (including phenoxy) is 1. The molecule has 5 nitrogen and oxygen atoms in total. The maximum absolute atomic E-state index is 11.2. The molecule has 1 aliphatic rings. The SMILES string of the molecule is CC(C)n1nccc1C1=C(COc2cccc(O)c2C=O)CCSC1. The summed E-state index contributed by atoms with van der Waals surface area (Å²) < 4.78 is 7.92. The standard InChI is InChI=1S/C19H22N2O3S/c1-13(2)21-17(6-8-20-21)16-12-25-9-7-14(16)11-24-19-5-3-4-18(23)15(19)10-22/h3-6,8,10,13,23H,7,9,11-12H2,1-2H3. The zero-order valence-electron chi connectivity index (χ0n) is 14.4. The quantitative estimate of drug-likeness (QED) is 0.792. The molecule has 0 bridgehead atoms. The minimum absolute atomic E-state index is 0.0567. The number of hydrogen-bond acceptors (Lipinski definition) is 5. The van der Waals surface area contributed by atoms with Crippen LogP contribution in [0.2, 0.25) is 0 Å². The van der Waals surface area contributed by atoms with E-state index in [-0.39, 0.29) is 11.3 Å². The molecule has 132 valence electrons. The lowest BCUT2D eigenvalue weighted by Gasteiger charge is -2.22. The molecule has 2 heterocycles. The highest BCUT2D eigenvalue weighted by Gasteiger charge is 2.20.